The highest BCUT2D eigenvalue weighted by molar-refractivity contribution is 5.83. The van der Waals surface area contributed by atoms with Crippen molar-refractivity contribution in [2.75, 3.05) is 6.61 Å². The third kappa shape index (κ3) is 1.36. The average molecular weight is 216 g/mol. The Bertz CT molecular complexity index is 527. The fourth-order valence-corrected chi connectivity index (χ4v) is 2.35. The van der Waals surface area contributed by atoms with Gasteiger partial charge in [-0.1, -0.05) is 18.2 Å². The van der Waals surface area contributed by atoms with Crippen molar-refractivity contribution in [1.29, 1.82) is 0 Å². The Morgan fingerprint density at radius 2 is 2.25 bits per heavy atom. The van der Waals surface area contributed by atoms with Crippen molar-refractivity contribution in [3.05, 3.63) is 35.6 Å². The number of furan rings is 1. The first kappa shape index (κ1) is 9.60. The Kier molecular flexibility index (Phi) is 2.26. The van der Waals surface area contributed by atoms with Gasteiger partial charge >= 0.3 is 0 Å². The molecule has 0 amide bonds. The normalized spacial score (nSPS) is 19.6. The molecule has 1 aromatic carbocycles. The smallest absolute Gasteiger partial charge is 0.134 e. The zero-order valence-electron chi connectivity index (χ0n) is 8.81. The maximum Gasteiger partial charge on any atom is 0.134 e. The SMILES string of the molecule is O=CCC1COCc2oc3ccccc3c21. The molecule has 0 saturated carbocycles. The fraction of sp³-hybridized carbons (Fsp3) is 0.308. The number of para-hydroxylation sites is 1. The van der Waals surface area contributed by atoms with E-state index < -0.39 is 0 Å². The first-order chi connectivity index (χ1) is 7.90. The van der Waals surface area contributed by atoms with Crippen LogP contribution in [0.25, 0.3) is 11.0 Å². The first-order valence-electron chi connectivity index (χ1n) is 5.42. The second-order valence-electron chi connectivity index (χ2n) is 4.05. The predicted octanol–water partition coefficient (Wildman–Crippen LogP) is 2.64. The van der Waals surface area contributed by atoms with Crippen LogP contribution in [0.15, 0.2) is 28.7 Å². The molecule has 2 heterocycles. The van der Waals surface area contributed by atoms with Crippen molar-refractivity contribution in [1.82, 2.24) is 0 Å². The van der Waals surface area contributed by atoms with Crippen LogP contribution < -0.4 is 0 Å². The lowest BCUT2D eigenvalue weighted by atomic mass is 9.93. The molecule has 0 aliphatic carbocycles. The summed E-state index contributed by atoms with van der Waals surface area (Å²) in [4.78, 5) is 10.7. The molecule has 1 unspecified atom stereocenters. The van der Waals surface area contributed by atoms with Crippen LogP contribution in [0.3, 0.4) is 0 Å². The van der Waals surface area contributed by atoms with Gasteiger partial charge in [0.15, 0.2) is 0 Å². The summed E-state index contributed by atoms with van der Waals surface area (Å²) < 4.78 is 11.2. The molecule has 3 nitrogen and oxygen atoms in total. The van der Waals surface area contributed by atoms with Gasteiger partial charge in [-0.3, -0.25) is 0 Å². The Morgan fingerprint density at radius 1 is 1.38 bits per heavy atom. The van der Waals surface area contributed by atoms with Gasteiger partial charge in [0.05, 0.1) is 6.61 Å². The number of hydrogen-bond acceptors (Lipinski definition) is 3. The van der Waals surface area contributed by atoms with Gasteiger partial charge in [-0.15, -0.1) is 0 Å². The minimum Gasteiger partial charge on any atom is -0.458 e. The maximum atomic E-state index is 10.7. The van der Waals surface area contributed by atoms with E-state index >= 15 is 0 Å². The molecule has 0 N–H and O–H groups in total. The molecule has 0 spiro atoms. The molecule has 1 aliphatic rings. The van der Waals surface area contributed by atoms with E-state index in [4.69, 9.17) is 9.15 Å². The highest BCUT2D eigenvalue weighted by Crippen LogP contribution is 2.36. The molecule has 1 aliphatic heterocycles. The lowest BCUT2D eigenvalue weighted by Crippen LogP contribution is -2.15. The van der Waals surface area contributed by atoms with Gasteiger partial charge in [-0.2, -0.15) is 0 Å². The van der Waals surface area contributed by atoms with Crippen LogP contribution in [0.4, 0.5) is 0 Å². The molecule has 0 radical (unpaired) electrons. The molecule has 0 fully saturated rings. The summed E-state index contributed by atoms with van der Waals surface area (Å²) >= 11 is 0. The number of hydrogen-bond donors (Lipinski definition) is 0. The second kappa shape index (κ2) is 3.76. The maximum absolute atomic E-state index is 10.7. The molecule has 1 aromatic heterocycles. The number of fused-ring (bicyclic) bond motifs is 3. The zero-order chi connectivity index (χ0) is 11.0. The van der Waals surface area contributed by atoms with Gasteiger partial charge in [-0.25, -0.2) is 0 Å². The summed E-state index contributed by atoms with van der Waals surface area (Å²) in [5, 5.41) is 1.12. The van der Waals surface area contributed by atoms with Crippen molar-refractivity contribution in [2.45, 2.75) is 18.9 Å². The Morgan fingerprint density at radius 3 is 3.12 bits per heavy atom. The quantitative estimate of drug-likeness (QED) is 0.724. The minimum atomic E-state index is 0.143. The summed E-state index contributed by atoms with van der Waals surface area (Å²) in [5.74, 6) is 1.02. The van der Waals surface area contributed by atoms with E-state index in [0.29, 0.717) is 19.6 Å². The number of benzene rings is 1. The molecule has 3 heteroatoms. The Balaban J connectivity index is 2.20. The highest BCUT2D eigenvalue weighted by atomic mass is 16.5. The summed E-state index contributed by atoms with van der Waals surface area (Å²) in [6, 6.07) is 7.94. The van der Waals surface area contributed by atoms with Gasteiger partial charge in [-0.05, 0) is 6.07 Å². The van der Waals surface area contributed by atoms with E-state index in [-0.39, 0.29) is 5.92 Å². The van der Waals surface area contributed by atoms with Gasteiger partial charge in [0.1, 0.15) is 24.2 Å². The lowest BCUT2D eigenvalue weighted by molar-refractivity contribution is -0.108. The van der Waals surface area contributed by atoms with E-state index in [0.717, 1.165) is 28.6 Å². The lowest BCUT2D eigenvalue weighted by Gasteiger charge is -2.20. The molecule has 2 aromatic rings. The summed E-state index contributed by atoms with van der Waals surface area (Å²) in [6.07, 6.45) is 1.45. The first-order valence-corrected chi connectivity index (χ1v) is 5.42. The van der Waals surface area contributed by atoms with Crippen molar-refractivity contribution in [2.24, 2.45) is 0 Å². The van der Waals surface area contributed by atoms with Crippen molar-refractivity contribution in [3.8, 4) is 0 Å². The van der Waals surface area contributed by atoms with Gasteiger partial charge in [0.25, 0.3) is 0 Å². The summed E-state index contributed by atoms with van der Waals surface area (Å²) in [6.45, 7) is 1.12. The molecule has 3 rings (SSSR count). The standard InChI is InChI=1S/C13H12O3/c14-6-5-9-7-15-8-12-13(9)10-3-1-2-4-11(10)16-12/h1-4,6,9H,5,7-8H2. The van der Waals surface area contributed by atoms with Gasteiger partial charge < -0.3 is 13.9 Å². The number of carbonyl (C=O) groups is 1. The summed E-state index contributed by atoms with van der Waals surface area (Å²) in [5.41, 5.74) is 2.04. The van der Waals surface area contributed by atoms with E-state index in [1.54, 1.807) is 0 Å². The largest absolute Gasteiger partial charge is 0.458 e. The van der Waals surface area contributed by atoms with Gasteiger partial charge in [0.2, 0.25) is 0 Å². The topological polar surface area (TPSA) is 39.4 Å². The summed E-state index contributed by atoms with van der Waals surface area (Å²) in [7, 11) is 0. The van der Waals surface area contributed by atoms with Gasteiger partial charge in [0, 0.05) is 23.3 Å². The van der Waals surface area contributed by atoms with E-state index in [9.17, 15) is 4.79 Å². The van der Waals surface area contributed by atoms with E-state index in [2.05, 4.69) is 0 Å². The van der Waals surface area contributed by atoms with Crippen LogP contribution in [-0.2, 0) is 16.1 Å². The average Bonchev–Trinajstić information content (AvgIpc) is 2.68. The van der Waals surface area contributed by atoms with Crippen LogP contribution in [0.1, 0.15) is 23.7 Å². The predicted molar refractivity (Wildman–Crippen MR) is 59.3 cm³/mol. The molecule has 82 valence electrons. The van der Waals surface area contributed by atoms with Crippen molar-refractivity contribution >= 4 is 17.3 Å². The molecular formula is C13H12O3. The zero-order valence-corrected chi connectivity index (χ0v) is 8.81. The van der Waals surface area contributed by atoms with Crippen LogP contribution in [-0.4, -0.2) is 12.9 Å². The molecule has 1 atom stereocenters. The van der Waals surface area contributed by atoms with Crippen LogP contribution in [0, 0.1) is 0 Å². The van der Waals surface area contributed by atoms with Crippen LogP contribution in [0.5, 0.6) is 0 Å². The number of carbonyl (C=O) groups excluding carboxylic acids is 1. The Labute approximate surface area is 93.0 Å². The number of ether oxygens (including phenoxy) is 1. The molecule has 0 bridgehead atoms. The van der Waals surface area contributed by atoms with E-state index in [1.807, 2.05) is 24.3 Å². The van der Waals surface area contributed by atoms with Crippen LogP contribution in [0.2, 0.25) is 0 Å². The van der Waals surface area contributed by atoms with E-state index in [1.165, 1.54) is 0 Å². The molecule has 0 saturated heterocycles. The third-order valence-corrected chi connectivity index (χ3v) is 3.05. The molecular weight excluding hydrogens is 204 g/mol. The second-order valence-corrected chi connectivity index (χ2v) is 4.05. The minimum absolute atomic E-state index is 0.143. The van der Waals surface area contributed by atoms with Crippen molar-refractivity contribution in [3.63, 3.8) is 0 Å². The number of rotatable bonds is 2. The Hall–Kier alpha value is -1.61. The highest BCUT2D eigenvalue weighted by Gasteiger charge is 2.26. The van der Waals surface area contributed by atoms with Crippen LogP contribution >= 0.6 is 0 Å². The number of aldehydes is 1. The molecule has 16 heavy (non-hydrogen) atoms. The fourth-order valence-electron chi connectivity index (χ4n) is 2.35. The van der Waals surface area contributed by atoms with Crippen molar-refractivity contribution < 1.29 is 13.9 Å². The third-order valence-electron chi connectivity index (χ3n) is 3.05. The monoisotopic (exact) mass is 216 g/mol.